The fourth-order valence-electron chi connectivity index (χ4n) is 3.63. The van der Waals surface area contributed by atoms with E-state index in [1.807, 2.05) is 17.9 Å². The minimum Gasteiger partial charge on any atom is -0.359 e. The van der Waals surface area contributed by atoms with Crippen LogP contribution in [-0.2, 0) is 0 Å². The van der Waals surface area contributed by atoms with Gasteiger partial charge < -0.3 is 19.6 Å². The number of carbonyl (C=O) groups excluding carboxylic acids is 1. The molecule has 0 saturated carbocycles. The van der Waals surface area contributed by atoms with Crippen molar-refractivity contribution in [3.8, 4) is 0 Å². The molecule has 1 aromatic heterocycles. The van der Waals surface area contributed by atoms with Crippen molar-refractivity contribution in [3.05, 3.63) is 17.5 Å². The zero-order valence-corrected chi connectivity index (χ0v) is 14.1. The third kappa shape index (κ3) is 4.25. The van der Waals surface area contributed by atoms with Gasteiger partial charge in [-0.1, -0.05) is 11.6 Å². The molecule has 23 heavy (non-hydrogen) atoms. The summed E-state index contributed by atoms with van der Waals surface area (Å²) in [5.41, 5.74) is 0.869. The quantitative estimate of drug-likeness (QED) is 0.847. The second-order valence-electron chi connectivity index (χ2n) is 6.71. The first-order chi connectivity index (χ1) is 11.2. The molecule has 3 rings (SSSR count). The van der Waals surface area contributed by atoms with Gasteiger partial charge in [0.05, 0.1) is 11.7 Å². The highest BCUT2D eigenvalue weighted by Gasteiger charge is 2.32. The predicted octanol–water partition coefficient (Wildman–Crippen LogP) is 2.71. The first-order valence-corrected chi connectivity index (χ1v) is 8.94. The van der Waals surface area contributed by atoms with Crippen molar-refractivity contribution in [2.75, 3.05) is 32.7 Å². The SMILES string of the molecule is Cc1cc(C2CCCN2C(=O)NCCCN2CCCCC2)on1. The number of aromatic nitrogens is 1. The van der Waals surface area contributed by atoms with Gasteiger partial charge in [-0.05, 0) is 58.7 Å². The van der Waals surface area contributed by atoms with Gasteiger partial charge >= 0.3 is 6.03 Å². The summed E-state index contributed by atoms with van der Waals surface area (Å²) in [4.78, 5) is 16.8. The molecule has 0 aliphatic carbocycles. The molecule has 2 saturated heterocycles. The number of amides is 2. The normalized spacial score (nSPS) is 22.5. The molecule has 128 valence electrons. The summed E-state index contributed by atoms with van der Waals surface area (Å²) in [6, 6.07) is 2.01. The van der Waals surface area contributed by atoms with E-state index in [4.69, 9.17) is 4.52 Å². The number of urea groups is 1. The first kappa shape index (κ1) is 16.3. The lowest BCUT2D eigenvalue weighted by Gasteiger charge is -2.27. The number of piperidine rings is 1. The number of nitrogens with one attached hydrogen (secondary N) is 1. The molecule has 1 aromatic rings. The number of hydrogen-bond donors (Lipinski definition) is 1. The molecule has 2 fully saturated rings. The fourth-order valence-corrected chi connectivity index (χ4v) is 3.63. The van der Waals surface area contributed by atoms with Gasteiger partial charge in [0.15, 0.2) is 5.76 Å². The van der Waals surface area contributed by atoms with Crippen LogP contribution in [0.3, 0.4) is 0 Å². The van der Waals surface area contributed by atoms with Crippen LogP contribution in [0.15, 0.2) is 10.6 Å². The molecule has 0 aromatic carbocycles. The van der Waals surface area contributed by atoms with Gasteiger partial charge in [-0.25, -0.2) is 4.79 Å². The van der Waals surface area contributed by atoms with Crippen LogP contribution in [0, 0.1) is 6.92 Å². The maximum atomic E-state index is 12.4. The Morgan fingerprint density at radius 3 is 2.87 bits per heavy atom. The molecule has 0 bridgehead atoms. The van der Waals surface area contributed by atoms with Crippen LogP contribution in [0.5, 0.6) is 0 Å². The van der Waals surface area contributed by atoms with Crippen LogP contribution >= 0.6 is 0 Å². The van der Waals surface area contributed by atoms with E-state index >= 15 is 0 Å². The molecule has 1 N–H and O–H groups in total. The second-order valence-corrected chi connectivity index (χ2v) is 6.71. The minimum absolute atomic E-state index is 0.0280. The standard InChI is InChI=1S/C17H28N4O2/c1-14-13-16(23-19-14)15-7-5-12-21(15)17(22)18-8-6-11-20-9-3-2-4-10-20/h13,15H,2-12H2,1H3,(H,18,22). The van der Waals surface area contributed by atoms with Gasteiger partial charge in [0, 0.05) is 19.2 Å². The van der Waals surface area contributed by atoms with Crippen molar-refractivity contribution >= 4 is 6.03 Å². The molecule has 6 nitrogen and oxygen atoms in total. The van der Waals surface area contributed by atoms with E-state index in [9.17, 15) is 4.79 Å². The van der Waals surface area contributed by atoms with E-state index < -0.39 is 0 Å². The van der Waals surface area contributed by atoms with Gasteiger partial charge in [0.2, 0.25) is 0 Å². The van der Waals surface area contributed by atoms with Crippen LogP contribution < -0.4 is 5.32 Å². The highest BCUT2D eigenvalue weighted by molar-refractivity contribution is 5.75. The Morgan fingerprint density at radius 1 is 1.30 bits per heavy atom. The molecule has 2 amide bonds. The summed E-state index contributed by atoms with van der Waals surface area (Å²) in [5, 5.41) is 7.01. The highest BCUT2D eigenvalue weighted by Crippen LogP contribution is 2.32. The topological polar surface area (TPSA) is 61.6 Å². The average molecular weight is 320 g/mol. The van der Waals surface area contributed by atoms with E-state index in [1.165, 1.54) is 32.4 Å². The van der Waals surface area contributed by atoms with E-state index in [0.29, 0.717) is 0 Å². The molecule has 0 spiro atoms. The van der Waals surface area contributed by atoms with Crippen molar-refractivity contribution in [1.29, 1.82) is 0 Å². The zero-order chi connectivity index (χ0) is 16.1. The predicted molar refractivity (Wildman–Crippen MR) is 88.2 cm³/mol. The lowest BCUT2D eigenvalue weighted by atomic mass is 10.1. The van der Waals surface area contributed by atoms with Crippen LogP contribution in [0.1, 0.15) is 56.0 Å². The van der Waals surface area contributed by atoms with E-state index in [2.05, 4.69) is 15.4 Å². The Hall–Kier alpha value is -1.56. The van der Waals surface area contributed by atoms with Crippen LogP contribution in [0.2, 0.25) is 0 Å². The summed E-state index contributed by atoms with van der Waals surface area (Å²) in [7, 11) is 0. The van der Waals surface area contributed by atoms with Crippen LogP contribution in [0.4, 0.5) is 4.79 Å². The van der Waals surface area contributed by atoms with E-state index in [-0.39, 0.29) is 12.1 Å². The number of rotatable bonds is 5. The van der Waals surface area contributed by atoms with Crippen LogP contribution in [0.25, 0.3) is 0 Å². The van der Waals surface area contributed by atoms with Crippen LogP contribution in [-0.4, -0.2) is 53.7 Å². The smallest absolute Gasteiger partial charge is 0.318 e. The maximum absolute atomic E-state index is 12.4. The lowest BCUT2D eigenvalue weighted by molar-refractivity contribution is 0.180. The molecule has 2 aliphatic rings. The number of aryl methyl sites for hydroxylation is 1. The zero-order valence-electron chi connectivity index (χ0n) is 14.1. The molecule has 1 atom stereocenters. The maximum Gasteiger partial charge on any atom is 0.318 e. The fraction of sp³-hybridized carbons (Fsp3) is 0.765. The lowest BCUT2D eigenvalue weighted by Crippen LogP contribution is -2.40. The largest absolute Gasteiger partial charge is 0.359 e. The number of hydrogen-bond acceptors (Lipinski definition) is 4. The summed E-state index contributed by atoms with van der Waals surface area (Å²) in [5.74, 6) is 0.809. The summed E-state index contributed by atoms with van der Waals surface area (Å²) < 4.78 is 5.36. The van der Waals surface area contributed by atoms with E-state index in [0.717, 1.165) is 50.4 Å². The average Bonchev–Trinajstić information content (AvgIpc) is 3.21. The van der Waals surface area contributed by atoms with Crippen molar-refractivity contribution < 1.29 is 9.32 Å². The highest BCUT2D eigenvalue weighted by atomic mass is 16.5. The van der Waals surface area contributed by atoms with Crippen molar-refractivity contribution in [3.63, 3.8) is 0 Å². The summed E-state index contributed by atoms with van der Waals surface area (Å²) in [6.07, 6.45) is 6.99. The Morgan fingerprint density at radius 2 is 2.13 bits per heavy atom. The molecule has 2 aliphatic heterocycles. The van der Waals surface area contributed by atoms with Crippen molar-refractivity contribution in [2.45, 2.75) is 51.5 Å². The molecule has 3 heterocycles. The first-order valence-electron chi connectivity index (χ1n) is 8.94. The van der Waals surface area contributed by atoms with Gasteiger partial charge in [-0.2, -0.15) is 0 Å². The minimum atomic E-state index is 0.0280. The number of likely N-dealkylation sites (tertiary alicyclic amines) is 2. The van der Waals surface area contributed by atoms with Gasteiger partial charge in [-0.3, -0.25) is 0 Å². The molecule has 6 heteroatoms. The summed E-state index contributed by atoms with van der Waals surface area (Å²) >= 11 is 0. The van der Waals surface area contributed by atoms with Crippen molar-refractivity contribution in [2.24, 2.45) is 0 Å². The number of carbonyl (C=O) groups is 1. The molecular formula is C17H28N4O2. The van der Waals surface area contributed by atoms with Gasteiger partial charge in [0.1, 0.15) is 0 Å². The molecular weight excluding hydrogens is 292 g/mol. The summed E-state index contributed by atoms with van der Waals surface area (Å²) in [6.45, 7) is 6.97. The Balaban J connectivity index is 1.42. The van der Waals surface area contributed by atoms with Gasteiger partial charge in [-0.15, -0.1) is 0 Å². The third-order valence-corrected chi connectivity index (χ3v) is 4.86. The van der Waals surface area contributed by atoms with Crippen molar-refractivity contribution in [1.82, 2.24) is 20.3 Å². The Kier molecular flexibility index (Phi) is 5.54. The third-order valence-electron chi connectivity index (χ3n) is 4.86. The Bertz CT molecular complexity index is 510. The number of nitrogens with zero attached hydrogens (tertiary/aromatic N) is 3. The second kappa shape index (κ2) is 7.81. The Labute approximate surface area is 138 Å². The monoisotopic (exact) mass is 320 g/mol. The van der Waals surface area contributed by atoms with E-state index in [1.54, 1.807) is 0 Å². The molecule has 0 radical (unpaired) electrons. The van der Waals surface area contributed by atoms with Gasteiger partial charge in [0.25, 0.3) is 0 Å². The molecule has 1 unspecified atom stereocenters.